The van der Waals surface area contributed by atoms with E-state index in [1.54, 1.807) is 24.9 Å². The van der Waals surface area contributed by atoms with Crippen LogP contribution >= 0.6 is 11.8 Å². The van der Waals surface area contributed by atoms with Crippen LogP contribution in [0.5, 0.6) is 5.88 Å². The minimum Gasteiger partial charge on any atom is -0.476 e. The molecule has 0 saturated carbocycles. The lowest BCUT2D eigenvalue weighted by atomic mass is 10.1. The average Bonchev–Trinajstić information content (AvgIpc) is 2.67. The first-order valence-corrected chi connectivity index (χ1v) is 9.56. The zero-order valence-corrected chi connectivity index (χ0v) is 15.6. The smallest absolute Gasteiger partial charge is 0.275 e. The predicted molar refractivity (Wildman–Crippen MR) is 103 cm³/mol. The van der Waals surface area contributed by atoms with Gasteiger partial charge in [-0.2, -0.15) is 11.8 Å². The summed E-state index contributed by atoms with van der Waals surface area (Å²) in [6, 6.07) is 7.38. The fourth-order valence-electron chi connectivity index (χ4n) is 2.12. The zero-order valence-electron chi connectivity index (χ0n) is 14.8. The Morgan fingerprint density at radius 2 is 2.08 bits per heavy atom. The SMILES string of the molecule is CNC(=O)CCc1cccc(NC(=O)c2cnc(OCCSC)cn2)c1. The number of anilines is 1. The van der Waals surface area contributed by atoms with Gasteiger partial charge in [-0.05, 0) is 30.4 Å². The number of rotatable bonds is 9. The van der Waals surface area contributed by atoms with Crippen LogP contribution in [0.4, 0.5) is 5.69 Å². The highest BCUT2D eigenvalue weighted by atomic mass is 32.2. The summed E-state index contributed by atoms with van der Waals surface area (Å²) in [5.41, 5.74) is 1.82. The number of carbonyl (C=O) groups excluding carboxylic acids is 2. The molecule has 26 heavy (non-hydrogen) atoms. The summed E-state index contributed by atoms with van der Waals surface area (Å²) in [6.45, 7) is 0.546. The molecule has 0 unspecified atom stereocenters. The summed E-state index contributed by atoms with van der Waals surface area (Å²) < 4.78 is 5.41. The highest BCUT2D eigenvalue weighted by Gasteiger charge is 2.09. The molecule has 0 fully saturated rings. The highest BCUT2D eigenvalue weighted by Crippen LogP contribution is 2.14. The number of amides is 2. The van der Waals surface area contributed by atoms with Crippen molar-refractivity contribution >= 4 is 29.3 Å². The van der Waals surface area contributed by atoms with Gasteiger partial charge in [-0.3, -0.25) is 9.59 Å². The number of aromatic nitrogens is 2. The summed E-state index contributed by atoms with van der Waals surface area (Å²) in [4.78, 5) is 31.8. The van der Waals surface area contributed by atoms with Crippen molar-refractivity contribution in [2.24, 2.45) is 0 Å². The van der Waals surface area contributed by atoms with Gasteiger partial charge in [0.2, 0.25) is 11.8 Å². The average molecular weight is 374 g/mol. The number of carbonyl (C=O) groups is 2. The van der Waals surface area contributed by atoms with Crippen LogP contribution < -0.4 is 15.4 Å². The van der Waals surface area contributed by atoms with Crippen molar-refractivity contribution in [3.8, 4) is 5.88 Å². The van der Waals surface area contributed by atoms with Gasteiger partial charge in [0.1, 0.15) is 5.69 Å². The van der Waals surface area contributed by atoms with Crippen LogP contribution in [0.25, 0.3) is 0 Å². The van der Waals surface area contributed by atoms with Gasteiger partial charge >= 0.3 is 0 Å². The van der Waals surface area contributed by atoms with Crippen molar-refractivity contribution in [2.75, 3.05) is 31.0 Å². The molecule has 0 saturated heterocycles. The molecule has 7 nitrogen and oxygen atoms in total. The lowest BCUT2D eigenvalue weighted by Gasteiger charge is -2.08. The van der Waals surface area contributed by atoms with Crippen LogP contribution in [0, 0.1) is 0 Å². The van der Waals surface area contributed by atoms with Crippen LogP contribution in [0.1, 0.15) is 22.5 Å². The van der Waals surface area contributed by atoms with E-state index in [2.05, 4.69) is 20.6 Å². The number of nitrogens with zero attached hydrogens (tertiary/aromatic N) is 2. The third-order valence-electron chi connectivity index (χ3n) is 3.50. The first-order chi connectivity index (χ1) is 12.6. The van der Waals surface area contributed by atoms with E-state index in [9.17, 15) is 9.59 Å². The van der Waals surface area contributed by atoms with E-state index >= 15 is 0 Å². The predicted octanol–water partition coefficient (Wildman–Crippen LogP) is 2.15. The van der Waals surface area contributed by atoms with E-state index in [0.29, 0.717) is 31.0 Å². The van der Waals surface area contributed by atoms with E-state index in [-0.39, 0.29) is 17.5 Å². The van der Waals surface area contributed by atoms with Crippen molar-refractivity contribution in [3.05, 3.63) is 47.9 Å². The van der Waals surface area contributed by atoms with E-state index in [0.717, 1.165) is 11.3 Å². The van der Waals surface area contributed by atoms with Crippen molar-refractivity contribution in [2.45, 2.75) is 12.8 Å². The normalized spacial score (nSPS) is 10.2. The molecule has 8 heteroatoms. The lowest BCUT2D eigenvalue weighted by Crippen LogP contribution is -2.18. The molecule has 0 atom stereocenters. The minimum absolute atomic E-state index is 0.0189. The van der Waals surface area contributed by atoms with E-state index in [4.69, 9.17) is 4.74 Å². The second kappa shape index (κ2) is 10.4. The molecule has 2 amide bonds. The Hall–Kier alpha value is -2.61. The molecular weight excluding hydrogens is 352 g/mol. The molecule has 0 aliphatic heterocycles. The van der Waals surface area contributed by atoms with E-state index < -0.39 is 0 Å². The van der Waals surface area contributed by atoms with Gasteiger partial charge in [0.15, 0.2) is 0 Å². The molecule has 1 heterocycles. The monoisotopic (exact) mass is 374 g/mol. The fourth-order valence-corrected chi connectivity index (χ4v) is 2.37. The fraction of sp³-hybridized carbons (Fsp3) is 0.333. The van der Waals surface area contributed by atoms with Gasteiger partial charge in [-0.25, -0.2) is 9.97 Å². The lowest BCUT2D eigenvalue weighted by molar-refractivity contribution is -0.120. The standard InChI is InChI=1S/C18H22N4O3S/c1-19-16(23)7-6-13-4-3-5-14(10-13)22-18(24)15-11-21-17(12-20-15)25-8-9-26-2/h3-5,10-12H,6-9H2,1-2H3,(H,19,23)(H,22,24). The third kappa shape index (κ3) is 6.36. The Kier molecular flexibility index (Phi) is 7.88. The molecule has 1 aromatic heterocycles. The molecule has 0 radical (unpaired) electrons. The zero-order chi connectivity index (χ0) is 18.8. The summed E-state index contributed by atoms with van der Waals surface area (Å²) in [7, 11) is 1.61. The largest absolute Gasteiger partial charge is 0.476 e. The van der Waals surface area contributed by atoms with Crippen LogP contribution in [-0.2, 0) is 11.2 Å². The molecule has 2 rings (SSSR count). The number of hydrogen-bond donors (Lipinski definition) is 2. The molecule has 0 bridgehead atoms. The quantitative estimate of drug-likeness (QED) is 0.653. The maximum Gasteiger partial charge on any atom is 0.275 e. The summed E-state index contributed by atoms with van der Waals surface area (Å²) >= 11 is 1.68. The van der Waals surface area contributed by atoms with Gasteiger partial charge in [-0.15, -0.1) is 0 Å². The van der Waals surface area contributed by atoms with Crippen LogP contribution in [0.15, 0.2) is 36.7 Å². The first-order valence-electron chi connectivity index (χ1n) is 8.17. The van der Waals surface area contributed by atoms with Gasteiger partial charge in [0.05, 0.1) is 19.0 Å². The van der Waals surface area contributed by atoms with Gasteiger partial charge in [0.25, 0.3) is 5.91 Å². The molecule has 0 aliphatic carbocycles. The van der Waals surface area contributed by atoms with Gasteiger partial charge in [0, 0.05) is 24.9 Å². The first kappa shape index (κ1) is 19.7. The Labute approximate surface area is 157 Å². The number of benzene rings is 1. The summed E-state index contributed by atoms with van der Waals surface area (Å²) in [5.74, 6) is 0.887. The van der Waals surface area contributed by atoms with Crippen LogP contribution in [-0.4, -0.2) is 47.4 Å². The maximum absolute atomic E-state index is 12.3. The summed E-state index contributed by atoms with van der Waals surface area (Å²) in [5, 5.41) is 5.37. The van der Waals surface area contributed by atoms with Crippen LogP contribution in [0.2, 0.25) is 0 Å². The van der Waals surface area contributed by atoms with Gasteiger partial charge in [-0.1, -0.05) is 12.1 Å². The molecule has 0 spiro atoms. The third-order valence-corrected chi connectivity index (χ3v) is 4.08. The molecular formula is C18H22N4O3S. The van der Waals surface area contributed by atoms with Crippen molar-refractivity contribution < 1.29 is 14.3 Å². The van der Waals surface area contributed by atoms with Crippen molar-refractivity contribution in [3.63, 3.8) is 0 Å². The van der Waals surface area contributed by atoms with Crippen LogP contribution in [0.3, 0.4) is 0 Å². The molecule has 2 aromatic rings. The second-order valence-electron chi connectivity index (χ2n) is 5.41. The number of thioether (sulfide) groups is 1. The van der Waals surface area contributed by atoms with Crippen molar-refractivity contribution in [1.29, 1.82) is 0 Å². The minimum atomic E-state index is -0.350. The molecule has 2 N–H and O–H groups in total. The Balaban J connectivity index is 1.93. The summed E-state index contributed by atoms with van der Waals surface area (Å²) in [6.07, 6.45) is 5.83. The van der Waals surface area contributed by atoms with E-state index in [1.165, 1.54) is 12.4 Å². The Morgan fingerprint density at radius 1 is 1.23 bits per heavy atom. The molecule has 138 valence electrons. The van der Waals surface area contributed by atoms with E-state index in [1.807, 2.05) is 24.5 Å². The Morgan fingerprint density at radius 3 is 2.77 bits per heavy atom. The second-order valence-corrected chi connectivity index (χ2v) is 6.39. The Bertz CT molecular complexity index is 737. The highest BCUT2D eigenvalue weighted by molar-refractivity contribution is 7.98. The van der Waals surface area contributed by atoms with Gasteiger partial charge < -0.3 is 15.4 Å². The number of nitrogens with one attached hydrogen (secondary N) is 2. The molecule has 0 aliphatic rings. The molecule has 1 aromatic carbocycles. The van der Waals surface area contributed by atoms with Crippen molar-refractivity contribution in [1.82, 2.24) is 15.3 Å². The number of hydrogen-bond acceptors (Lipinski definition) is 6. The topological polar surface area (TPSA) is 93.2 Å². The maximum atomic E-state index is 12.3. The number of aryl methyl sites for hydroxylation is 1. The number of ether oxygens (including phenoxy) is 1.